The van der Waals surface area contributed by atoms with Crippen molar-refractivity contribution >= 4 is 5.91 Å². The van der Waals surface area contributed by atoms with Crippen molar-refractivity contribution in [2.24, 2.45) is 5.73 Å². The van der Waals surface area contributed by atoms with Gasteiger partial charge in [-0.15, -0.1) is 0 Å². The van der Waals surface area contributed by atoms with Crippen molar-refractivity contribution in [2.75, 3.05) is 13.1 Å². The third kappa shape index (κ3) is 4.25. The molecule has 2 atom stereocenters. The average molecular weight is 290 g/mol. The Labute approximate surface area is 126 Å². The predicted molar refractivity (Wildman–Crippen MR) is 83.7 cm³/mol. The van der Waals surface area contributed by atoms with E-state index in [-0.39, 0.29) is 18.0 Å². The van der Waals surface area contributed by atoms with Gasteiger partial charge < -0.3 is 11.1 Å². The lowest BCUT2D eigenvalue weighted by Gasteiger charge is -2.39. The Balaban J connectivity index is 2.04. The van der Waals surface area contributed by atoms with Crippen LogP contribution in [0.15, 0.2) is 24.4 Å². The number of likely N-dealkylation sites (tertiary alicyclic amines) is 1. The van der Waals surface area contributed by atoms with Crippen molar-refractivity contribution in [2.45, 2.75) is 51.2 Å². The minimum atomic E-state index is 0.0555. The summed E-state index contributed by atoms with van der Waals surface area (Å²) in [6, 6.07) is 6.54. The van der Waals surface area contributed by atoms with E-state index >= 15 is 0 Å². The largest absolute Gasteiger partial charge is 0.354 e. The van der Waals surface area contributed by atoms with Crippen molar-refractivity contribution in [3.05, 3.63) is 30.1 Å². The fourth-order valence-electron chi connectivity index (χ4n) is 3.06. The first kappa shape index (κ1) is 15.9. The van der Waals surface area contributed by atoms with E-state index in [2.05, 4.69) is 28.2 Å². The molecule has 21 heavy (non-hydrogen) atoms. The molecule has 1 fully saturated rings. The molecule has 0 bridgehead atoms. The van der Waals surface area contributed by atoms with Crippen LogP contribution in [0.4, 0.5) is 0 Å². The number of carbonyl (C=O) groups excluding carboxylic acids is 1. The molecule has 2 heterocycles. The second-order valence-electron chi connectivity index (χ2n) is 5.78. The van der Waals surface area contributed by atoms with Gasteiger partial charge in [0.05, 0.1) is 11.7 Å². The molecule has 2 unspecified atom stereocenters. The summed E-state index contributed by atoms with van der Waals surface area (Å²) < 4.78 is 0. The van der Waals surface area contributed by atoms with Gasteiger partial charge in [0.25, 0.3) is 0 Å². The Hall–Kier alpha value is -1.46. The molecule has 3 N–H and O–H groups in total. The first-order valence-corrected chi connectivity index (χ1v) is 7.79. The number of nitrogens with one attached hydrogen (secondary N) is 1. The molecule has 0 radical (unpaired) electrons. The summed E-state index contributed by atoms with van der Waals surface area (Å²) >= 11 is 0. The predicted octanol–water partition coefficient (Wildman–Crippen LogP) is 1.46. The zero-order chi connectivity index (χ0) is 15.2. The van der Waals surface area contributed by atoms with Crippen LogP contribution >= 0.6 is 0 Å². The maximum atomic E-state index is 11.1. The molecule has 1 aliphatic rings. The van der Waals surface area contributed by atoms with Gasteiger partial charge in [-0.1, -0.05) is 13.0 Å². The number of amides is 1. The highest BCUT2D eigenvalue weighted by atomic mass is 16.1. The molecule has 1 amide bonds. The summed E-state index contributed by atoms with van der Waals surface area (Å²) in [5.74, 6) is 0.0555. The highest BCUT2D eigenvalue weighted by Gasteiger charge is 2.30. The number of hydrogen-bond donors (Lipinski definition) is 2. The van der Waals surface area contributed by atoms with Gasteiger partial charge in [0, 0.05) is 38.3 Å². The van der Waals surface area contributed by atoms with Crippen LogP contribution in [0.2, 0.25) is 0 Å². The lowest BCUT2D eigenvalue weighted by atomic mass is 9.96. The van der Waals surface area contributed by atoms with E-state index in [4.69, 9.17) is 5.73 Å². The second-order valence-corrected chi connectivity index (χ2v) is 5.78. The smallest absolute Gasteiger partial charge is 0.217 e. The van der Waals surface area contributed by atoms with Crippen molar-refractivity contribution < 1.29 is 4.79 Å². The molecule has 0 aromatic carbocycles. The Bertz CT molecular complexity index is 443. The first-order valence-electron chi connectivity index (χ1n) is 7.79. The molecule has 0 spiro atoms. The van der Waals surface area contributed by atoms with Crippen LogP contribution in [0.1, 0.15) is 44.8 Å². The number of pyridine rings is 1. The van der Waals surface area contributed by atoms with Crippen molar-refractivity contribution in [1.29, 1.82) is 0 Å². The van der Waals surface area contributed by atoms with E-state index in [1.165, 1.54) is 0 Å². The minimum absolute atomic E-state index is 0.0555. The zero-order valence-corrected chi connectivity index (χ0v) is 13.0. The first-order chi connectivity index (χ1) is 10.1. The second kappa shape index (κ2) is 7.52. The van der Waals surface area contributed by atoms with E-state index in [1.807, 2.05) is 18.3 Å². The molecule has 1 aliphatic heterocycles. The van der Waals surface area contributed by atoms with Crippen LogP contribution in [0.25, 0.3) is 0 Å². The zero-order valence-electron chi connectivity index (χ0n) is 13.0. The highest BCUT2D eigenvalue weighted by molar-refractivity contribution is 5.73. The summed E-state index contributed by atoms with van der Waals surface area (Å²) in [6.07, 6.45) is 4.69. The molecule has 5 nitrogen and oxygen atoms in total. The van der Waals surface area contributed by atoms with Crippen LogP contribution in [-0.4, -0.2) is 41.0 Å². The number of rotatable bonds is 5. The maximum absolute atomic E-state index is 11.1. The molecule has 5 heteroatoms. The molecule has 116 valence electrons. The third-order valence-corrected chi connectivity index (χ3v) is 4.20. The molecule has 1 saturated heterocycles. The molecule has 1 aromatic heterocycles. The van der Waals surface area contributed by atoms with E-state index in [9.17, 15) is 4.79 Å². The monoisotopic (exact) mass is 290 g/mol. The molecule has 2 rings (SSSR count). The average Bonchev–Trinajstić information content (AvgIpc) is 2.49. The molecular weight excluding hydrogens is 264 g/mol. The van der Waals surface area contributed by atoms with Gasteiger partial charge in [-0.3, -0.25) is 14.7 Å². The van der Waals surface area contributed by atoms with Gasteiger partial charge in [-0.2, -0.15) is 0 Å². The molecular formula is C16H26N4O. The Morgan fingerprint density at radius 2 is 2.19 bits per heavy atom. The lowest BCUT2D eigenvalue weighted by Crippen LogP contribution is -2.49. The molecule has 0 aliphatic carbocycles. The van der Waals surface area contributed by atoms with E-state index in [0.29, 0.717) is 6.04 Å². The van der Waals surface area contributed by atoms with E-state index in [0.717, 1.165) is 38.0 Å². The van der Waals surface area contributed by atoms with Crippen LogP contribution in [0.3, 0.4) is 0 Å². The summed E-state index contributed by atoms with van der Waals surface area (Å²) in [7, 11) is 0. The molecule has 1 aromatic rings. The lowest BCUT2D eigenvalue weighted by molar-refractivity contribution is -0.120. The van der Waals surface area contributed by atoms with Crippen LogP contribution in [0, 0.1) is 0 Å². The Kier molecular flexibility index (Phi) is 5.70. The van der Waals surface area contributed by atoms with Gasteiger partial charge in [0.15, 0.2) is 0 Å². The summed E-state index contributed by atoms with van der Waals surface area (Å²) in [4.78, 5) is 18.1. The van der Waals surface area contributed by atoms with E-state index < -0.39 is 0 Å². The Morgan fingerprint density at radius 1 is 1.48 bits per heavy atom. The third-order valence-electron chi connectivity index (χ3n) is 4.20. The van der Waals surface area contributed by atoms with Crippen LogP contribution in [0.5, 0.6) is 0 Å². The quantitative estimate of drug-likeness (QED) is 0.861. The number of nitrogens with two attached hydrogens (primary N) is 1. The topological polar surface area (TPSA) is 71.2 Å². The van der Waals surface area contributed by atoms with Crippen molar-refractivity contribution in [3.63, 3.8) is 0 Å². The van der Waals surface area contributed by atoms with Gasteiger partial charge in [-0.05, 0) is 31.4 Å². The Morgan fingerprint density at radius 3 is 2.71 bits per heavy atom. The number of hydrogen-bond acceptors (Lipinski definition) is 4. The fraction of sp³-hybridized carbons (Fsp3) is 0.625. The van der Waals surface area contributed by atoms with Gasteiger partial charge in [0.1, 0.15) is 0 Å². The van der Waals surface area contributed by atoms with Gasteiger partial charge in [0.2, 0.25) is 5.91 Å². The van der Waals surface area contributed by atoms with E-state index in [1.54, 1.807) is 6.92 Å². The fourth-order valence-corrected chi connectivity index (χ4v) is 3.06. The number of nitrogens with zero attached hydrogens (tertiary/aromatic N) is 2. The number of carbonyl (C=O) groups is 1. The van der Waals surface area contributed by atoms with Crippen molar-refractivity contribution in [1.82, 2.24) is 15.2 Å². The summed E-state index contributed by atoms with van der Waals surface area (Å²) in [6.45, 7) is 5.58. The maximum Gasteiger partial charge on any atom is 0.217 e. The van der Waals surface area contributed by atoms with Crippen molar-refractivity contribution in [3.8, 4) is 0 Å². The number of piperidine rings is 1. The standard InChI is InChI=1S/C16H26N4O/c1-3-14(17)16(15-6-4-5-9-18-15)20-10-7-13(8-11-20)19-12(2)21/h4-6,9,13-14,16H,3,7-8,10-11,17H2,1-2H3,(H,19,21). The normalized spacial score (nSPS) is 20.0. The van der Waals surface area contributed by atoms with Crippen LogP contribution in [-0.2, 0) is 4.79 Å². The highest BCUT2D eigenvalue weighted by Crippen LogP contribution is 2.26. The SMILES string of the molecule is CCC(N)C(c1ccccn1)N1CCC(NC(C)=O)CC1. The van der Waals surface area contributed by atoms with Gasteiger partial charge in [-0.25, -0.2) is 0 Å². The number of aromatic nitrogens is 1. The molecule has 0 saturated carbocycles. The van der Waals surface area contributed by atoms with Crippen LogP contribution < -0.4 is 11.1 Å². The summed E-state index contributed by atoms with van der Waals surface area (Å²) in [5.41, 5.74) is 7.39. The van der Waals surface area contributed by atoms with Gasteiger partial charge >= 0.3 is 0 Å². The summed E-state index contributed by atoms with van der Waals surface area (Å²) in [5, 5.41) is 3.01. The minimum Gasteiger partial charge on any atom is -0.354 e.